The third kappa shape index (κ3) is 5.45. The number of fused-ring (bicyclic) bond motifs is 3. The summed E-state index contributed by atoms with van der Waals surface area (Å²) in [5.74, 6) is -3.15. The van der Waals surface area contributed by atoms with Crippen molar-refractivity contribution < 1.29 is 40.2 Å². The SMILES string of the molecule is COC(=O)[C@H]1CCCCN=Cc2c(O)c(O)c(C(C)C)c3cc(C)c(c(O)c23)-c2c(C)cc3c(C(C)C)c(O)c(O)c(c3c2O)C=N1. The number of carbonyl (C=O) groups excluding carboxylic acids is 1. The van der Waals surface area contributed by atoms with E-state index in [1.807, 2.05) is 33.8 Å². The van der Waals surface area contributed by atoms with E-state index < -0.39 is 23.5 Å². The van der Waals surface area contributed by atoms with Gasteiger partial charge in [-0.1, -0.05) is 39.8 Å². The minimum absolute atomic E-state index is 0.00508. The van der Waals surface area contributed by atoms with Gasteiger partial charge in [0.1, 0.15) is 17.5 Å². The number of hydrogen-bond donors (Lipinski definition) is 6. The molecule has 0 aliphatic carbocycles. The summed E-state index contributed by atoms with van der Waals surface area (Å²) in [5, 5.41) is 70.7. The quantitative estimate of drug-likeness (QED) is 0.0996. The van der Waals surface area contributed by atoms with Crippen LogP contribution in [0.4, 0.5) is 0 Å². The lowest BCUT2D eigenvalue weighted by Crippen LogP contribution is -2.20. The van der Waals surface area contributed by atoms with Crippen LogP contribution in [0.15, 0.2) is 22.1 Å². The van der Waals surface area contributed by atoms with Crippen LogP contribution in [-0.4, -0.2) is 68.7 Å². The monoisotopic (exact) mass is 642 g/mol. The number of ether oxygens (including phenoxy) is 1. The molecule has 1 atom stereocenters. The smallest absolute Gasteiger partial charge is 0.330 e. The summed E-state index contributed by atoms with van der Waals surface area (Å²) in [4.78, 5) is 21.7. The van der Waals surface area contributed by atoms with Crippen molar-refractivity contribution in [3.63, 3.8) is 0 Å². The third-order valence-corrected chi connectivity index (χ3v) is 9.08. The van der Waals surface area contributed by atoms with Gasteiger partial charge in [0.15, 0.2) is 23.0 Å². The first-order valence-electron chi connectivity index (χ1n) is 15.8. The zero-order valence-electron chi connectivity index (χ0n) is 27.8. The van der Waals surface area contributed by atoms with Crippen LogP contribution in [0.3, 0.4) is 0 Å². The number of esters is 1. The number of hydrogen-bond acceptors (Lipinski definition) is 10. The fourth-order valence-corrected chi connectivity index (χ4v) is 6.87. The molecule has 1 heterocycles. The van der Waals surface area contributed by atoms with Crippen molar-refractivity contribution in [2.45, 2.75) is 78.7 Å². The molecule has 0 radical (unpaired) electrons. The Balaban J connectivity index is 2.01. The van der Waals surface area contributed by atoms with E-state index in [9.17, 15) is 35.4 Å². The molecule has 0 saturated carbocycles. The largest absolute Gasteiger partial charge is 0.507 e. The van der Waals surface area contributed by atoms with Gasteiger partial charge >= 0.3 is 5.97 Å². The maximum atomic E-state index is 12.7. The molecule has 4 bridgehead atoms. The van der Waals surface area contributed by atoms with Gasteiger partial charge in [0.05, 0.1) is 7.11 Å². The average Bonchev–Trinajstić information content (AvgIpc) is 3.00. The molecule has 4 aromatic rings. The van der Waals surface area contributed by atoms with Gasteiger partial charge in [0.25, 0.3) is 0 Å². The number of phenolic OH excluding ortho intramolecular Hbond substituents is 6. The van der Waals surface area contributed by atoms with E-state index in [1.54, 1.807) is 19.9 Å². The first-order chi connectivity index (χ1) is 22.2. The summed E-state index contributed by atoms with van der Waals surface area (Å²) in [5.41, 5.74) is 2.69. The molecule has 0 fully saturated rings. The highest BCUT2D eigenvalue weighted by Gasteiger charge is 2.30. The molecule has 1 aliphatic heterocycles. The molecule has 10 heteroatoms. The van der Waals surface area contributed by atoms with Crippen molar-refractivity contribution in [2.24, 2.45) is 9.98 Å². The number of methoxy groups -OCH3 is 1. The summed E-state index contributed by atoms with van der Waals surface area (Å²) in [6.45, 7) is 11.3. The van der Waals surface area contributed by atoms with Gasteiger partial charge in [0.2, 0.25) is 0 Å². The maximum absolute atomic E-state index is 12.7. The Labute approximate surface area is 273 Å². The molecular formula is C37H42N2O8. The van der Waals surface area contributed by atoms with Crippen molar-refractivity contribution in [2.75, 3.05) is 13.7 Å². The fourth-order valence-electron chi connectivity index (χ4n) is 6.87. The van der Waals surface area contributed by atoms with Gasteiger partial charge in [-0.15, -0.1) is 0 Å². The van der Waals surface area contributed by atoms with Gasteiger partial charge in [0, 0.05) is 63.1 Å². The molecule has 47 heavy (non-hydrogen) atoms. The fraction of sp³-hybridized carbons (Fsp3) is 0.378. The number of aryl methyl sites for hydroxylation is 2. The number of aromatic hydroxyl groups is 6. The summed E-state index contributed by atoms with van der Waals surface area (Å²) >= 11 is 0. The molecule has 5 rings (SSSR count). The highest BCUT2D eigenvalue weighted by molar-refractivity contribution is 6.15. The first kappa shape index (κ1) is 33.4. The van der Waals surface area contributed by atoms with E-state index >= 15 is 0 Å². The highest BCUT2D eigenvalue weighted by atomic mass is 16.5. The maximum Gasteiger partial charge on any atom is 0.330 e. The van der Waals surface area contributed by atoms with Gasteiger partial charge in [-0.25, -0.2) is 4.79 Å². The van der Waals surface area contributed by atoms with Crippen LogP contribution in [0.2, 0.25) is 0 Å². The number of carbonyl (C=O) groups is 1. The molecule has 0 unspecified atom stereocenters. The van der Waals surface area contributed by atoms with Gasteiger partial charge in [-0.05, 0) is 66.8 Å². The van der Waals surface area contributed by atoms with E-state index in [1.165, 1.54) is 19.5 Å². The minimum Gasteiger partial charge on any atom is -0.507 e. The first-order valence-corrected chi connectivity index (χ1v) is 15.8. The molecule has 0 saturated heterocycles. The Morgan fingerprint density at radius 3 is 1.64 bits per heavy atom. The lowest BCUT2D eigenvalue weighted by molar-refractivity contribution is -0.142. The molecule has 1 aliphatic rings. The lowest BCUT2D eigenvalue weighted by atomic mass is 9.83. The average molecular weight is 643 g/mol. The Morgan fingerprint density at radius 2 is 1.19 bits per heavy atom. The third-order valence-electron chi connectivity index (χ3n) is 9.08. The van der Waals surface area contributed by atoms with Crippen molar-refractivity contribution in [1.29, 1.82) is 0 Å². The second-order valence-corrected chi connectivity index (χ2v) is 12.9. The Bertz CT molecular complexity index is 1990. The predicted octanol–water partition coefficient (Wildman–Crippen LogP) is 7.32. The van der Waals surface area contributed by atoms with E-state index in [0.29, 0.717) is 58.8 Å². The van der Waals surface area contributed by atoms with Crippen molar-refractivity contribution in [3.05, 3.63) is 45.5 Å². The molecule has 4 aromatic carbocycles. The Kier molecular flexibility index (Phi) is 8.99. The van der Waals surface area contributed by atoms with Crippen molar-refractivity contribution in [1.82, 2.24) is 0 Å². The number of rotatable bonds is 3. The van der Waals surface area contributed by atoms with Crippen LogP contribution in [-0.2, 0) is 9.53 Å². The van der Waals surface area contributed by atoms with E-state index in [4.69, 9.17) is 4.74 Å². The summed E-state index contributed by atoms with van der Waals surface area (Å²) in [6.07, 6.45) is 4.06. The summed E-state index contributed by atoms with van der Waals surface area (Å²) < 4.78 is 4.99. The van der Waals surface area contributed by atoms with Crippen LogP contribution in [0.1, 0.15) is 92.2 Å². The molecule has 10 nitrogen and oxygen atoms in total. The topological polar surface area (TPSA) is 172 Å². The Hall–Kier alpha value is -4.99. The summed E-state index contributed by atoms with van der Waals surface area (Å²) in [6, 6.07) is 2.66. The zero-order chi connectivity index (χ0) is 34.5. The Morgan fingerprint density at radius 1 is 0.723 bits per heavy atom. The normalized spacial score (nSPS) is 15.4. The van der Waals surface area contributed by atoms with Gasteiger partial charge < -0.3 is 35.4 Å². The number of aliphatic imine (C=N–C) groups is 2. The van der Waals surface area contributed by atoms with Crippen LogP contribution >= 0.6 is 0 Å². The standard InChI is InChI=1S/C37H42N2O8/c1-16(2)25-20-12-18(5)27-28-19(6)13-21-26(17(3)4)36(45)32(41)23(30(21)34(28)43)15-39-24(37(46)47-7)10-8-9-11-38-14-22(29(20)33(27)42)31(40)35(25)44/h12-17,24,40-45H,8-11H2,1-7H3/t24-/m1/s1. The van der Waals surface area contributed by atoms with E-state index in [-0.39, 0.29) is 67.9 Å². The minimum atomic E-state index is -0.932. The van der Waals surface area contributed by atoms with Gasteiger partial charge in [-0.3, -0.25) is 9.98 Å². The van der Waals surface area contributed by atoms with Crippen LogP contribution in [0.5, 0.6) is 34.5 Å². The van der Waals surface area contributed by atoms with Crippen LogP contribution in [0, 0.1) is 13.8 Å². The molecule has 248 valence electrons. The van der Waals surface area contributed by atoms with E-state index in [2.05, 4.69) is 9.98 Å². The number of nitrogens with zero attached hydrogens (tertiary/aromatic N) is 2. The van der Waals surface area contributed by atoms with Crippen LogP contribution in [0.25, 0.3) is 32.7 Å². The van der Waals surface area contributed by atoms with Crippen molar-refractivity contribution >= 4 is 39.9 Å². The van der Waals surface area contributed by atoms with E-state index in [0.717, 1.165) is 0 Å². The zero-order valence-corrected chi connectivity index (χ0v) is 27.8. The molecule has 6 N–H and O–H groups in total. The number of benzene rings is 4. The summed E-state index contributed by atoms with van der Waals surface area (Å²) in [7, 11) is 1.26. The molecule has 0 amide bonds. The predicted molar refractivity (Wildman–Crippen MR) is 184 cm³/mol. The molecular weight excluding hydrogens is 600 g/mol. The van der Waals surface area contributed by atoms with Gasteiger partial charge in [-0.2, -0.15) is 0 Å². The lowest BCUT2D eigenvalue weighted by Gasteiger charge is -2.23. The second-order valence-electron chi connectivity index (χ2n) is 12.9. The van der Waals surface area contributed by atoms with Crippen molar-refractivity contribution in [3.8, 4) is 45.6 Å². The highest BCUT2D eigenvalue weighted by Crippen LogP contribution is 2.54. The number of phenols is 6. The molecule has 0 aromatic heterocycles. The van der Waals surface area contributed by atoms with Crippen LogP contribution < -0.4 is 0 Å². The molecule has 0 spiro atoms. The second kappa shape index (κ2) is 12.7.